The predicted octanol–water partition coefficient (Wildman–Crippen LogP) is 3.41. The molecule has 3 heterocycles. The van der Waals surface area contributed by atoms with Crippen LogP contribution in [0.4, 0.5) is 5.69 Å². The summed E-state index contributed by atoms with van der Waals surface area (Å²) in [5.41, 5.74) is 1.97. The molecule has 120 valence electrons. The standard InChI is InChI=1S/C19H22N2O2/c22-19(16-9-13-23-14-16)21-12-7-15-6-10-20(11-8-18(15)21)17-4-2-1-3-5-17/h1-5,9,13-15,18H,6-8,10-12H2/t15-,18+/m1/s1. The van der Waals surface area contributed by atoms with Gasteiger partial charge in [0, 0.05) is 31.4 Å². The molecule has 4 rings (SSSR count). The van der Waals surface area contributed by atoms with Gasteiger partial charge in [-0.25, -0.2) is 0 Å². The lowest BCUT2D eigenvalue weighted by atomic mass is 9.95. The Morgan fingerprint density at radius 1 is 1.00 bits per heavy atom. The second-order valence-electron chi connectivity index (χ2n) is 6.53. The Morgan fingerprint density at radius 3 is 2.57 bits per heavy atom. The Bertz CT molecular complexity index is 653. The van der Waals surface area contributed by atoms with Crippen molar-refractivity contribution in [1.82, 2.24) is 4.90 Å². The molecular formula is C19H22N2O2. The van der Waals surface area contributed by atoms with Gasteiger partial charge in [0.1, 0.15) is 6.26 Å². The SMILES string of the molecule is O=C(c1ccoc1)N1CC[C@H]2CCN(c3ccccc3)CC[C@@H]21. The number of carbonyl (C=O) groups excluding carboxylic acids is 1. The van der Waals surface area contributed by atoms with Crippen molar-refractivity contribution in [3.8, 4) is 0 Å². The third-order valence-electron chi connectivity index (χ3n) is 5.30. The molecular weight excluding hydrogens is 288 g/mol. The van der Waals surface area contributed by atoms with Gasteiger partial charge in [0.2, 0.25) is 0 Å². The average Bonchev–Trinajstić information content (AvgIpc) is 3.22. The summed E-state index contributed by atoms with van der Waals surface area (Å²) < 4.78 is 5.08. The summed E-state index contributed by atoms with van der Waals surface area (Å²) in [5, 5.41) is 0. The fraction of sp³-hybridized carbons (Fsp3) is 0.421. The minimum Gasteiger partial charge on any atom is -0.472 e. The number of carbonyl (C=O) groups is 1. The molecule has 0 radical (unpaired) electrons. The fourth-order valence-corrected chi connectivity index (χ4v) is 4.07. The molecule has 0 saturated carbocycles. The number of furan rings is 1. The van der Waals surface area contributed by atoms with Gasteiger partial charge in [-0.1, -0.05) is 18.2 Å². The number of rotatable bonds is 2. The van der Waals surface area contributed by atoms with E-state index in [-0.39, 0.29) is 5.91 Å². The first-order chi connectivity index (χ1) is 11.3. The number of fused-ring (bicyclic) bond motifs is 1. The van der Waals surface area contributed by atoms with Crippen molar-refractivity contribution in [1.29, 1.82) is 0 Å². The topological polar surface area (TPSA) is 36.7 Å². The maximum absolute atomic E-state index is 12.7. The van der Waals surface area contributed by atoms with Gasteiger partial charge >= 0.3 is 0 Å². The third-order valence-corrected chi connectivity index (χ3v) is 5.30. The van der Waals surface area contributed by atoms with E-state index < -0.39 is 0 Å². The van der Waals surface area contributed by atoms with E-state index in [0.717, 1.165) is 38.9 Å². The highest BCUT2D eigenvalue weighted by Gasteiger charge is 2.38. The highest BCUT2D eigenvalue weighted by molar-refractivity contribution is 5.94. The van der Waals surface area contributed by atoms with Crippen LogP contribution in [0.3, 0.4) is 0 Å². The summed E-state index contributed by atoms with van der Waals surface area (Å²) >= 11 is 0. The minimum atomic E-state index is 0.124. The molecule has 2 saturated heterocycles. The molecule has 4 nitrogen and oxygen atoms in total. The largest absolute Gasteiger partial charge is 0.472 e. The van der Waals surface area contributed by atoms with Crippen LogP contribution in [0.2, 0.25) is 0 Å². The van der Waals surface area contributed by atoms with E-state index >= 15 is 0 Å². The van der Waals surface area contributed by atoms with Crippen molar-refractivity contribution in [3.63, 3.8) is 0 Å². The summed E-state index contributed by atoms with van der Waals surface area (Å²) in [7, 11) is 0. The molecule has 0 N–H and O–H groups in total. The Labute approximate surface area is 136 Å². The van der Waals surface area contributed by atoms with Crippen LogP contribution in [0.5, 0.6) is 0 Å². The summed E-state index contributed by atoms with van der Waals surface area (Å²) in [6.07, 6.45) is 6.46. The van der Waals surface area contributed by atoms with Crippen LogP contribution >= 0.6 is 0 Å². The summed E-state index contributed by atoms with van der Waals surface area (Å²) in [6.45, 7) is 2.98. The van der Waals surface area contributed by atoms with Crippen LogP contribution in [-0.2, 0) is 0 Å². The monoisotopic (exact) mass is 310 g/mol. The van der Waals surface area contributed by atoms with Gasteiger partial charge in [-0.3, -0.25) is 4.79 Å². The second-order valence-corrected chi connectivity index (χ2v) is 6.53. The lowest BCUT2D eigenvalue weighted by Gasteiger charge is -2.27. The first kappa shape index (κ1) is 14.4. The molecule has 2 fully saturated rings. The van der Waals surface area contributed by atoms with Crippen molar-refractivity contribution < 1.29 is 9.21 Å². The molecule has 0 aliphatic carbocycles. The van der Waals surface area contributed by atoms with E-state index in [9.17, 15) is 4.79 Å². The Kier molecular flexibility index (Phi) is 3.82. The number of hydrogen-bond acceptors (Lipinski definition) is 3. The molecule has 1 amide bonds. The van der Waals surface area contributed by atoms with Crippen molar-refractivity contribution in [2.24, 2.45) is 5.92 Å². The van der Waals surface area contributed by atoms with Gasteiger partial charge in [-0.05, 0) is 43.4 Å². The lowest BCUT2D eigenvalue weighted by Crippen LogP contribution is -2.38. The molecule has 0 spiro atoms. The van der Waals surface area contributed by atoms with Crippen molar-refractivity contribution in [2.45, 2.75) is 25.3 Å². The molecule has 2 aliphatic rings. The zero-order valence-corrected chi connectivity index (χ0v) is 13.2. The summed E-state index contributed by atoms with van der Waals surface area (Å²) in [5.74, 6) is 0.749. The number of hydrogen-bond donors (Lipinski definition) is 0. The molecule has 0 unspecified atom stereocenters. The van der Waals surface area contributed by atoms with E-state index in [4.69, 9.17) is 4.42 Å². The number of benzene rings is 1. The van der Waals surface area contributed by atoms with Crippen LogP contribution < -0.4 is 4.90 Å². The molecule has 2 aromatic rings. The van der Waals surface area contributed by atoms with Crippen LogP contribution in [0.15, 0.2) is 53.3 Å². The van der Waals surface area contributed by atoms with Gasteiger partial charge in [0.15, 0.2) is 0 Å². The van der Waals surface area contributed by atoms with Crippen molar-refractivity contribution >= 4 is 11.6 Å². The zero-order valence-electron chi connectivity index (χ0n) is 13.2. The average molecular weight is 310 g/mol. The van der Waals surface area contributed by atoms with Crippen molar-refractivity contribution in [2.75, 3.05) is 24.5 Å². The van der Waals surface area contributed by atoms with Gasteiger partial charge < -0.3 is 14.2 Å². The molecule has 1 aromatic carbocycles. The maximum Gasteiger partial charge on any atom is 0.257 e. The Balaban J connectivity index is 1.49. The van der Waals surface area contributed by atoms with Crippen LogP contribution in [-0.4, -0.2) is 36.5 Å². The third kappa shape index (κ3) is 2.74. The van der Waals surface area contributed by atoms with E-state index in [1.807, 2.05) is 0 Å². The quantitative estimate of drug-likeness (QED) is 0.853. The molecule has 2 aliphatic heterocycles. The predicted molar refractivity (Wildman–Crippen MR) is 89.5 cm³/mol. The van der Waals surface area contributed by atoms with Gasteiger partial charge in [0.25, 0.3) is 5.91 Å². The first-order valence-corrected chi connectivity index (χ1v) is 8.46. The first-order valence-electron chi connectivity index (χ1n) is 8.46. The van der Waals surface area contributed by atoms with E-state index in [0.29, 0.717) is 17.5 Å². The van der Waals surface area contributed by atoms with Gasteiger partial charge in [-0.15, -0.1) is 0 Å². The zero-order chi connectivity index (χ0) is 15.6. The number of amides is 1. The van der Waals surface area contributed by atoms with E-state index in [2.05, 4.69) is 40.1 Å². The molecule has 2 atom stereocenters. The number of para-hydroxylation sites is 1. The highest BCUT2D eigenvalue weighted by Crippen LogP contribution is 2.34. The molecule has 0 bridgehead atoms. The fourth-order valence-electron chi connectivity index (χ4n) is 4.07. The Morgan fingerprint density at radius 2 is 1.78 bits per heavy atom. The molecule has 4 heteroatoms. The van der Waals surface area contributed by atoms with E-state index in [1.165, 1.54) is 5.69 Å². The highest BCUT2D eigenvalue weighted by atomic mass is 16.3. The number of likely N-dealkylation sites (tertiary alicyclic amines) is 1. The van der Waals surface area contributed by atoms with E-state index in [1.54, 1.807) is 18.6 Å². The minimum absolute atomic E-state index is 0.124. The summed E-state index contributed by atoms with van der Waals surface area (Å²) in [4.78, 5) is 17.2. The van der Waals surface area contributed by atoms with Crippen molar-refractivity contribution in [3.05, 3.63) is 54.5 Å². The number of nitrogens with zero attached hydrogens (tertiary/aromatic N) is 2. The normalized spacial score (nSPS) is 24.3. The molecule has 23 heavy (non-hydrogen) atoms. The van der Waals surface area contributed by atoms with Gasteiger partial charge in [-0.2, -0.15) is 0 Å². The van der Waals surface area contributed by atoms with Crippen LogP contribution in [0.1, 0.15) is 29.6 Å². The second kappa shape index (κ2) is 6.11. The summed E-state index contributed by atoms with van der Waals surface area (Å²) in [6, 6.07) is 12.7. The number of anilines is 1. The maximum atomic E-state index is 12.7. The Hall–Kier alpha value is -2.23. The van der Waals surface area contributed by atoms with Crippen LogP contribution in [0, 0.1) is 5.92 Å². The lowest BCUT2D eigenvalue weighted by molar-refractivity contribution is 0.0714. The van der Waals surface area contributed by atoms with Gasteiger partial charge in [0.05, 0.1) is 11.8 Å². The smallest absolute Gasteiger partial charge is 0.257 e. The van der Waals surface area contributed by atoms with Crippen LogP contribution in [0.25, 0.3) is 0 Å². The molecule has 1 aromatic heterocycles.